The van der Waals surface area contributed by atoms with Gasteiger partial charge in [0.05, 0.1) is 24.2 Å². The van der Waals surface area contributed by atoms with Crippen LogP contribution in [0.25, 0.3) is 0 Å². The van der Waals surface area contributed by atoms with Gasteiger partial charge in [-0.15, -0.1) is 0 Å². The highest BCUT2D eigenvalue weighted by Gasteiger charge is 2.38. The van der Waals surface area contributed by atoms with Crippen molar-refractivity contribution in [2.45, 2.75) is 37.1 Å². The molecule has 2 heterocycles. The number of nitrogens with one attached hydrogen (secondary N) is 1. The molecule has 0 bridgehead atoms. The van der Waals surface area contributed by atoms with Gasteiger partial charge in [0.1, 0.15) is 0 Å². The lowest BCUT2D eigenvalue weighted by Crippen LogP contribution is -2.40. The Kier molecular flexibility index (Phi) is 4.96. The molecule has 2 aromatic carbocycles. The Bertz CT molecular complexity index is 1090. The largest absolute Gasteiger partial charge is 0.379 e. The Balaban J connectivity index is 1.46. The molecule has 3 aliphatic rings. The van der Waals surface area contributed by atoms with Crippen molar-refractivity contribution < 1.29 is 13.2 Å². The third-order valence-electron chi connectivity index (χ3n) is 6.92. The highest BCUT2D eigenvalue weighted by atomic mass is 32.2. The maximum absolute atomic E-state index is 12.9. The molecule has 158 valence electrons. The van der Waals surface area contributed by atoms with Crippen molar-refractivity contribution in [3.8, 4) is 0 Å². The third kappa shape index (κ3) is 3.18. The van der Waals surface area contributed by atoms with Gasteiger partial charge < -0.3 is 10.1 Å². The predicted octanol–water partition coefficient (Wildman–Crippen LogP) is 4.15. The van der Waals surface area contributed by atoms with Gasteiger partial charge in [0.25, 0.3) is 0 Å². The van der Waals surface area contributed by atoms with Gasteiger partial charge in [-0.3, -0.25) is 0 Å². The first kappa shape index (κ1) is 19.8. The Morgan fingerprint density at radius 2 is 1.77 bits per heavy atom. The van der Waals surface area contributed by atoms with Crippen molar-refractivity contribution in [2.24, 2.45) is 5.92 Å². The van der Waals surface area contributed by atoms with Crippen LogP contribution in [-0.4, -0.2) is 39.0 Å². The number of hydrogen-bond acceptors (Lipinski definition) is 4. The van der Waals surface area contributed by atoms with Crippen LogP contribution in [0.5, 0.6) is 0 Å². The van der Waals surface area contributed by atoms with Crippen LogP contribution in [0.4, 0.5) is 5.69 Å². The van der Waals surface area contributed by atoms with E-state index in [9.17, 15) is 8.42 Å². The fourth-order valence-corrected chi connectivity index (χ4v) is 6.44. The first-order valence-electron chi connectivity index (χ1n) is 10.7. The number of rotatable bonds is 3. The van der Waals surface area contributed by atoms with Crippen molar-refractivity contribution in [3.05, 3.63) is 70.8 Å². The number of anilines is 1. The molecule has 5 nitrogen and oxygen atoms in total. The summed E-state index contributed by atoms with van der Waals surface area (Å²) in [5, 5.41) is 3.80. The standard InChI is InChI=1S/C24H28N2O3S/c1-16-6-11-22-20-4-3-5-21(20)24(25-23(22)17(16)2)18-7-9-19(10-8-18)30(27,28)26-12-14-29-15-13-26/h3-4,6-11,20-21,24-25H,5,12-15H2,1-2H3/t20-,21+,24+/m1/s1. The van der Waals surface area contributed by atoms with Crippen molar-refractivity contribution in [1.82, 2.24) is 4.31 Å². The van der Waals surface area contributed by atoms with E-state index in [2.05, 4.69) is 43.4 Å². The molecule has 1 fully saturated rings. The van der Waals surface area contributed by atoms with E-state index in [0.29, 0.717) is 43.0 Å². The van der Waals surface area contributed by atoms with Crippen LogP contribution < -0.4 is 5.32 Å². The van der Waals surface area contributed by atoms with E-state index >= 15 is 0 Å². The number of hydrogen-bond donors (Lipinski definition) is 1. The van der Waals surface area contributed by atoms with Gasteiger partial charge in [-0.1, -0.05) is 36.4 Å². The first-order valence-corrected chi connectivity index (χ1v) is 12.1. The van der Waals surface area contributed by atoms with Crippen LogP contribution in [0.1, 0.15) is 40.6 Å². The van der Waals surface area contributed by atoms with Crippen molar-refractivity contribution in [1.29, 1.82) is 0 Å². The first-order chi connectivity index (χ1) is 14.5. The Labute approximate surface area is 178 Å². The minimum atomic E-state index is -3.47. The van der Waals surface area contributed by atoms with E-state index in [1.165, 1.54) is 26.7 Å². The summed E-state index contributed by atoms with van der Waals surface area (Å²) in [5.41, 5.74) is 6.33. The van der Waals surface area contributed by atoms with Crippen molar-refractivity contribution in [3.63, 3.8) is 0 Å². The van der Waals surface area contributed by atoms with E-state index in [-0.39, 0.29) is 6.04 Å². The number of nitrogens with zero attached hydrogens (tertiary/aromatic N) is 1. The second-order valence-corrected chi connectivity index (χ2v) is 10.5. The molecule has 2 aromatic rings. The lowest BCUT2D eigenvalue weighted by Gasteiger charge is -2.38. The van der Waals surface area contributed by atoms with Crippen LogP contribution in [0, 0.1) is 19.8 Å². The summed E-state index contributed by atoms with van der Waals surface area (Å²) in [7, 11) is -3.47. The molecule has 1 aliphatic carbocycles. The van der Waals surface area contributed by atoms with Crippen LogP contribution in [0.3, 0.4) is 0 Å². The summed E-state index contributed by atoms with van der Waals surface area (Å²) in [6.07, 6.45) is 5.65. The van der Waals surface area contributed by atoms with E-state index < -0.39 is 10.0 Å². The molecule has 1 saturated heterocycles. The summed E-state index contributed by atoms with van der Waals surface area (Å²) in [6.45, 7) is 6.07. The fraction of sp³-hybridized carbons (Fsp3) is 0.417. The van der Waals surface area contributed by atoms with E-state index in [0.717, 1.165) is 12.0 Å². The maximum atomic E-state index is 12.9. The van der Waals surface area contributed by atoms with Gasteiger partial charge in [0, 0.05) is 24.7 Å². The molecule has 0 amide bonds. The fourth-order valence-electron chi connectivity index (χ4n) is 5.03. The number of ether oxygens (including phenoxy) is 1. The summed E-state index contributed by atoms with van der Waals surface area (Å²) < 4.78 is 32.7. The van der Waals surface area contributed by atoms with Crippen molar-refractivity contribution >= 4 is 15.7 Å². The van der Waals surface area contributed by atoms with E-state index in [4.69, 9.17) is 4.74 Å². The monoisotopic (exact) mass is 424 g/mol. The predicted molar refractivity (Wildman–Crippen MR) is 118 cm³/mol. The Hall–Kier alpha value is -2.15. The van der Waals surface area contributed by atoms with Gasteiger partial charge in [0.2, 0.25) is 10.0 Å². The topological polar surface area (TPSA) is 58.6 Å². The molecule has 3 atom stereocenters. The molecule has 30 heavy (non-hydrogen) atoms. The normalized spacial score (nSPS) is 26.1. The van der Waals surface area contributed by atoms with Crippen LogP contribution in [0.15, 0.2) is 53.4 Å². The average Bonchev–Trinajstić information content (AvgIpc) is 3.27. The molecule has 2 aliphatic heterocycles. The summed E-state index contributed by atoms with van der Waals surface area (Å²) in [6, 6.07) is 12.1. The molecule has 0 unspecified atom stereocenters. The highest BCUT2D eigenvalue weighted by molar-refractivity contribution is 7.89. The smallest absolute Gasteiger partial charge is 0.243 e. The van der Waals surface area contributed by atoms with Gasteiger partial charge in [-0.05, 0) is 60.6 Å². The Morgan fingerprint density at radius 1 is 1.03 bits per heavy atom. The van der Waals surface area contributed by atoms with Crippen molar-refractivity contribution in [2.75, 3.05) is 31.6 Å². The van der Waals surface area contributed by atoms with Crippen LogP contribution >= 0.6 is 0 Å². The summed E-state index contributed by atoms with van der Waals surface area (Å²) in [5.74, 6) is 0.851. The second-order valence-electron chi connectivity index (χ2n) is 8.53. The molecular weight excluding hydrogens is 396 g/mol. The third-order valence-corrected chi connectivity index (χ3v) is 8.83. The summed E-state index contributed by atoms with van der Waals surface area (Å²) in [4.78, 5) is 0.359. The number of aryl methyl sites for hydroxylation is 1. The highest BCUT2D eigenvalue weighted by Crippen LogP contribution is 2.51. The number of sulfonamides is 1. The zero-order valence-electron chi connectivity index (χ0n) is 17.5. The second kappa shape index (κ2) is 7.52. The van der Waals surface area contributed by atoms with Gasteiger partial charge in [-0.2, -0.15) is 4.31 Å². The quantitative estimate of drug-likeness (QED) is 0.752. The molecule has 0 spiro atoms. The number of benzene rings is 2. The molecule has 1 N–H and O–H groups in total. The minimum Gasteiger partial charge on any atom is -0.379 e. The maximum Gasteiger partial charge on any atom is 0.243 e. The molecule has 0 radical (unpaired) electrons. The molecular formula is C24H28N2O3S. The van der Waals surface area contributed by atoms with Crippen LogP contribution in [0.2, 0.25) is 0 Å². The molecule has 6 heteroatoms. The molecule has 5 rings (SSSR count). The van der Waals surface area contributed by atoms with Gasteiger partial charge in [0.15, 0.2) is 0 Å². The van der Waals surface area contributed by atoms with Crippen LogP contribution in [-0.2, 0) is 14.8 Å². The zero-order valence-corrected chi connectivity index (χ0v) is 18.3. The summed E-state index contributed by atoms with van der Waals surface area (Å²) >= 11 is 0. The minimum absolute atomic E-state index is 0.165. The molecule has 0 saturated carbocycles. The average molecular weight is 425 g/mol. The number of allylic oxidation sites excluding steroid dienone is 2. The lowest BCUT2D eigenvalue weighted by atomic mass is 9.76. The molecule has 0 aromatic heterocycles. The van der Waals surface area contributed by atoms with Gasteiger partial charge >= 0.3 is 0 Å². The zero-order chi connectivity index (χ0) is 20.9. The SMILES string of the molecule is Cc1ccc2c(c1C)N[C@@H](c1ccc(S(=O)(=O)N3CCOCC3)cc1)[C@H]1CC=C[C@@H]21. The van der Waals surface area contributed by atoms with Gasteiger partial charge in [-0.25, -0.2) is 8.42 Å². The lowest BCUT2D eigenvalue weighted by molar-refractivity contribution is 0.0730. The number of morpholine rings is 1. The Morgan fingerprint density at radius 3 is 2.50 bits per heavy atom. The van der Waals surface area contributed by atoms with E-state index in [1.54, 1.807) is 12.1 Å². The van der Waals surface area contributed by atoms with E-state index in [1.807, 2.05) is 12.1 Å². The number of fused-ring (bicyclic) bond motifs is 3.